The normalized spacial score (nSPS) is 10.8. The molecule has 0 aliphatic heterocycles. The fourth-order valence-corrected chi connectivity index (χ4v) is 1.73. The van der Waals surface area contributed by atoms with Crippen LogP contribution in [0, 0.1) is 6.92 Å². The highest BCUT2D eigenvalue weighted by atomic mass is 16.1. The molecule has 4 heteroatoms. The van der Waals surface area contributed by atoms with E-state index in [2.05, 4.69) is 23.8 Å². The van der Waals surface area contributed by atoms with Crippen molar-refractivity contribution in [3.05, 3.63) is 29.7 Å². The van der Waals surface area contributed by atoms with Gasteiger partial charge in [-0.05, 0) is 24.6 Å². The summed E-state index contributed by atoms with van der Waals surface area (Å²) in [5.74, 6) is 1.64. The number of aryl methyl sites for hydroxylation is 1. The van der Waals surface area contributed by atoms with Gasteiger partial charge in [-0.1, -0.05) is 13.8 Å². The number of hydrogen-bond donors (Lipinski definition) is 0. The van der Waals surface area contributed by atoms with Crippen molar-refractivity contribution in [3.63, 3.8) is 0 Å². The van der Waals surface area contributed by atoms with Crippen molar-refractivity contribution in [2.75, 3.05) is 0 Å². The van der Waals surface area contributed by atoms with Gasteiger partial charge in [-0.25, -0.2) is 9.78 Å². The minimum absolute atomic E-state index is 0.283. The Bertz CT molecular complexity index is 577. The molecule has 0 amide bonds. The molecule has 0 atom stereocenters. The number of hydrogen-bond acceptors (Lipinski definition) is 3. The van der Waals surface area contributed by atoms with Crippen molar-refractivity contribution in [2.45, 2.75) is 26.7 Å². The lowest BCUT2D eigenvalue weighted by atomic mass is 10.2. The van der Waals surface area contributed by atoms with E-state index in [4.69, 9.17) is 0 Å². The molecule has 0 fully saturated rings. The summed E-state index contributed by atoms with van der Waals surface area (Å²) in [6, 6.07) is 3.98. The molecule has 82 valence electrons. The summed E-state index contributed by atoms with van der Waals surface area (Å²) in [5, 5.41) is 0. The first-order chi connectivity index (χ1) is 7.63. The Morgan fingerprint density at radius 2 is 2.25 bits per heavy atom. The first-order valence-corrected chi connectivity index (χ1v) is 5.20. The summed E-state index contributed by atoms with van der Waals surface area (Å²) < 4.78 is 1.97. The second kappa shape index (κ2) is 3.91. The zero-order chi connectivity index (χ0) is 11.7. The Morgan fingerprint density at radius 1 is 1.50 bits per heavy atom. The van der Waals surface area contributed by atoms with Gasteiger partial charge in [-0.15, -0.1) is 4.99 Å². The fourth-order valence-electron chi connectivity index (χ4n) is 1.73. The highest BCUT2D eigenvalue weighted by Gasteiger charge is 2.12. The van der Waals surface area contributed by atoms with E-state index >= 15 is 0 Å². The van der Waals surface area contributed by atoms with Crippen LogP contribution in [0.5, 0.6) is 0 Å². The van der Waals surface area contributed by atoms with Crippen LogP contribution in [0.25, 0.3) is 5.52 Å². The van der Waals surface area contributed by atoms with Gasteiger partial charge >= 0.3 is 0 Å². The summed E-state index contributed by atoms with van der Waals surface area (Å²) in [4.78, 5) is 18.3. The standard InChI is InChI=1S/C12H13N3O/c1-8(2)12-14-11(13-7-16)10-6-9(3)4-5-15(10)12/h4-6,8H,1-3H3. The number of imidazole rings is 1. The van der Waals surface area contributed by atoms with E-state index < -0.39 is 0 Å². The van der Waals surface area contributed by atoms with Gasteiger partial charge in [0.2, 0.25) is 6.08 Å². The van der Waals surface area contributed by atoms with Crippen LogP contribution in [0.4, 0.5) is 5.82 Å². The zero-order valence-electron chi connectivity index (χ0n) is 9.56. The van der Waals surface area contributed by atoms with Crippen molar-refractivity contribution in [1.82, 2.24) is 9.38 Å². The average Bonchev–Trinajstić information content (AvgIpc) is 2.58. The van der Waals surface area contributed by atoms with Gasteiger partial charge in [0.05, 0.1) is 5.52 Å². The molecule has 0 unspecified atom stereocenters. The largest absolute Gasteiger partial charge is 0.301 e. The Balaban J connectivity index is 2.81. The minimum Gasteiger partial charge on any atom is -0.301 e. The number of isocyanates is 1. The molecule has 0 N–H and O–H groups in total. The molecule has 2 heterocycles. The van der Waals surface area contributed by atoms with Crippen molar-refractivity contribution >= 4 is 17.4 Å². The Morgan fingerprint density at radius 3 is 2.88 bits per heavy atom. The van der Waals surface area contributed by atoms with E-state index in [0.717, 1.165) is 16.9 Å². The third kappa shape index (κ3) is 1.64. The monoisotopic (exact) mass is 215 g/mol. The smallest absolute Gasteiger partial charge is 0.242 e. The topological polar surface area (TPSA) is 46.7 Å². The van der Waals surface area contributed by atoms with Crippen LogP contribution in [0.15, 0.2) is 23.3 Å². The lowest BCUT2D eigenvalue weighted by molar-refractivity contribution is 0.565. The van der Waals surface area contributed by atoms with E-state index in [0.29, 0.717) is 5.82 Å². The lowest BCUT2D eigenvalue weighted by Gasteiger charge is -2.03. The van der Waals surface area contributed by atoms with Gasteiger partial charge in [-0.3, -0.25) is 0 Å². The summed E-state index contributed by atoms with van der Waals surface area (Å²) in [6.45, 7) is 6.11. The SMILES string of the molecule is Cc1ccn2c(C(C)C)nc(N=C=O)c2c1. The third-order valence-electron chi connectivity index (χ3n) is 2.47. The molecule has 0 bridgehead atoms. The first-order valence-electron chi connectivity index (χ1n) is 5.20. The molecule has 0 aromatic carbocycles. The van der Waals surface area contributed by atoms with Gasteiger partial charge in [-0.2, -0.15) is 0 Å². The predicted octanol–water partition coefficient (Wildman–Crippen LogP) is 2.73. The first kappa shape index (κ1) is 10.6. The van der Waals surface area contributed by atoms with Crippen LogP contribution < -0.4 is 0 Å². The van der Waals surface area contributed by atoms with E-state index in [9.17, 15) is 4.79 Å². The van der Waals surface area contributed by atoms with E-state index in [1.165, 1.54) is 0 Å². The van der Waals surface area contributed by atoms with Crippen LogP contribution in [-0.4, -0.2) is 15.5 Å². The second-order valence-corrected chi connectivity index (χ2v) is 4.11. The number of aromatic nitrogens is 2. The molecule has 0 spiro atoms. The number of fused-ring (bicyclic) bond motifs is 1. The van der Waals surface area contributed by atoms with Crippen molar-refractivity contribution in [2.24, 2.45) is 4.99 Å². The molecule has 0 aliphatic rings. The van der Waals surface area contributed by atoms with Gasteiger partial charge < -0.3 is 4.40 Å². The maximum Gasteiger partial charge on any atom is 0.242 e. The Labute approximate surface area is 93.7 Å². The van der Waals surface area contributed by atoms with Crippen LogP contribution in [-0.2, 0) is 4.79 Å². The van der Waals surface area contributed by atoms with E-state index in [1.54, 1.807) is 6.08 Å². The summed E-state index contributed by atoms with van der Waals surface area (Å²) in [5.41, 5.74) is 1.97. The highest BCUT2D eigenvalue weighted by Crippen LogP contribution is 2.25. The van der Waals surface area contributed by atoms with Crippen LogP contribution in [0.3, 0.4) is 0 Å². The molecule has 2 aromatic heterocycles. The van der Waals surface area contributed by atoms with Gasteiger partial charge in [0.25, 0.3) is 0 Å². The minimum atomic E-state index is 0.283. The van der Waals surface area contributed by atoms with Crippen molar-refractivity contribution in [1.29, 1.82) is 0 Å². The quantitative estimate of drug-likeness (QED) is 0.571. The molecule has 2 rings (SSSR count). The molecule has 0 radical (unpaired) electrons. The molecular formula is C12H13N3O. The summed E-state index contributed by atoms with van der Waals surface area (Å²) >= 11 is 0. The molecule has 16 heavy (non-hydrogen) atoms. The van der Waals surface area contributed by atoms with Gasteiger partial charge in [0.15, 0.2) is 5.82 Å². The molecule has 4 nitrogen and oxygen atoms in total. The maximum absolute atomic E-state index is 10.3. The number of nitrogens with zero attached hydrogens (tertiary/aromatic N) is 3. The highest BCUT2D eigenvalue weighted by molar-refractivity contribution is 5.69. The molecule has 0 saturated heterocycles. The number of pyridine rings is 1. The van der Waals surface area contributed by atoms with Crippen LogP contribution in [0.2, 0.25) is 0 Å². The number of aliphatic imine (C=N–C) groups is 1. The average molecular weight is 215 g/mol. The fraction of sp³-hybridized carbons (Fsp3) is 0.333. The van der Waals surface area contributed by atoms with Gasteiger partial charge in [0, 0.05) is 12.1 Å². The van der Waals surface area contributed by atoms with Gasteiger partial charge in [0.1, 0.15) is 5.82 Å². The van der Waals surface area contributed by atoms with Crippen LogP contribution >= 0.6 is 0 Å². The number of rotatable bonds is 2. The summed E-state index contributed by atoms with van der Waals surface area (Å²) in [6.07, 6.45) is 3.50. The molecule has 2 aromatic rings. The Kier molecular flexibility index (Phi) is 2.59. The number of carbonyl (C=O) groups excluding carboxylic acids is 1. The predicted molar refractivity (Wildman–Crippen MR) is 61.8 cm³/mol. The lowest BCUT2D eigenvalue weighted by Crippen LogP contribution is -1.96. The van der Waals surface area contributed by atoms with E-state index in [-0.39, 0.29) is 5.92 Å². The molecule has 0 aliphatic carbocycles. The Hall–Kier alpha value is -1.93. The van der Waals surface area contributed by atoms with Crippen LogP contribution in [0.1, 0.15) is 31.2 Å². The van der Waals surface area contributed by atoms with Crippen molar-refractivity contribution < 1.29 is 4.79 Å². The summed E-state index contributed by atoms with van der Waals surface area (Å²) in [7, 11) is 0. The van der Waals surface area contributed by atoms with Crippen molar-refractivity contribution in [3.8, 4) is 0 Å². The van der Waals surface area contributed by atoms with E-state index in [1.807, 2.05) is 29.7 Å². The zero-order valence-corrected chi connectivity index (χ0v) is 9.56. The maximum atomic E-state index is 10.3. The molecular weight excluding hydrogens is 202 g/mol. The molecule has 0 saturated carbocycles. The second-order valence-electron chi connectivity index (χ2n) is 4.11. The third-order valence-corrected chi connectivity index (χ3v) is 2.47.